The van der Waals surface area contributed by atoms with Crippen molar-refractivity contribution < 1.29 is 20.1 Å². The molecule has 8 nitrogen and oxygen atoms in total. The van der Waals surface area contributed by atoms with Gasteiger partial charge in [0.05, 0.1) is 25.2 Å². The molecule has 0 aliphatic heterocycles. The maximum absolute atomic E-state index is 12.8. The third-order valence-corrected chi connectivity index (χ3v) is 6.09. The molecule has 192 valence electrons. The summed E-state index contributed by atoms with van der Waals surface area (Å²) in [7, 11) is 1.66. The van der Waals surface area contributed by atoms with E-state index in [4.69, 9.17) is 5.73 Å². The van der Waals surface area contributed by atoms with E-state index in [2.05, 4.69) is 24.1 Å². The Morgan fingerprint density at radius 1 is 1.03 bits per heavy atom. The lowest BCUT2D eigenvalue weighted by atomic mass is 9.93. The quantitative estimate of drug-likeness (QED) is 0.278. The van der Waals surface area contributed by atoms with Crippen LogP contribution in [0.3, 0.4) is 0 Å². The summed E-state index contributed by atoms with van der Waals surface area (Å²) in [4.78, 5) is 18.3. The fraction of sp³-hybridized carbons (Fsp3) is 0.357. The highest BCUT2D eigenvalue weighted by atomic mass is 16.3. The van der Waals surface area contributed by atoms with Gasteiger partial charge in [0, 0.05) is 30.9 Å². The van der Waals surface area contributed by atoms with E-state index in [-0.39, 0.29) is 30.2 Å². The number of aromatic hydroxyl groups is 1. The van der Waals surface area contributed by atoms with Crippen LogP contribution in [-0.4, -0.2) is 56.8 Å². The van der Waals surface area contributed by atoms with Gasteiger partial charge in [0.15, 0.2) is 0 Å². The van der Waals surface area contributed by atoms with Crippen LogP contribution in [0.4, 0.5) is 5.82 Å². The van der Waals surface area contributed by atoms with Crippen LogP contribution in [0.25, 0.3) is 0 Å². The van der Waals surface area contributed by atoms with Gasteiger partial charge in [-0.15, -0.1) is 0 Å². The number of hydrogen-bond acceptors (Lipinski definition) is 7. The molecule has 0 aliphatic rings. The summed E-state index contributed by atoms with van der Waals surface area (Å²) in [6, 6.07) is 17.7. The summed E-state index contributed by atoms with van der Waals surface area (Å²) < 4.78 is 0. The number of phenolic OH excluding ortho intramolecular Hbond substituents is 1. The fourth-order valence-electron chi connectivity index (χ4n) is 4.04. The number of aliphatic hydroxyl groups excluding tert-OH is 2. The van der Waals surface area contributed by atoms with Crippen molar-refractivity contribution in [1.29, 1.82) is 0 Å². The number of nitrogens with one attached hydrogen (secondary N) is 1. The maximum atomic E-state index is 12.8. The van der Waals surface area contributed by atoms with Crippen molar-refractivity contribution in [2.45, 2.75) is 44.4 Å². The van der Waals surface area contributed by atoms with E-state index in [1.165, 1.54) is 17.0 Å². The normalized spacial score (nSPS) is 13.2. The third-order valence-electron chi connectivity index (χ3n) is 6.09. The molecule has 3 rings (SSSR count). The molecule has 2 aromatic carbocycles. The van der Waals surface area contributed by atoms with Crippen molar-refractivity contribution in [3.63, 3.8) is 0 Å². The molecule has 3 aromatic rings. The Morgan fingerprint density at radius 2 is 1.75 bits per heavy atom. The van der Waals surface area contributed by atoms with Gasteiger partial charge in [-0.2, -0.15) is 0 Å². The summed E-state index contributed by atoms with van der Waals surface area (Å²) in [6.45, 7) is 4.62. The number of likely N-dealkylation sites (N-methyl/N-ethyl adjacent to an activating group) is 1. The van der Waals surface area contributed by atoms with E-state index >= 15 is 0 Å². The van der Waals surface area contributed by atoms with Gasteiger partial charge in [0.25, 0.3) is 0 Å². The SMILES string of the molecule is CN(CC(O)c1cccc(O)c1)C(=O)Cc1cccc(CC(C)(C)NC[C@H](O)c2ccc(N)nc2)c1. The summed E-state index contributed by atoms with van der Waals surface area (Å²) >= 11 is 0. The lowest BCUT2D eigenvalue weighted by Crippen LogP contribution is -2.43. The first-order chi connectivity index (χ1) is 17.0. The number of benzene rings is 2. The molecule has 0 spiro atoms. The highest BCUT2D eigenvalue weighted by Gasteiger charge is 2.21. The Bertz CT molecular complexity index is 1150. The molecule has 36 heavy (non-hydrogen) atoms. The highest BCUT2D eigenvalue weighted by Crippen LogP contribution is 2.20. The van der Waals surface area contributed by atoms with Crippen molar-refractivity contribution in [3.05, 3.63) is 89.1 Å². The van der Waals surface area contributed by atoms with Crippen molar-refractivity contribution in [2.75, 3.05) is 25.9 Å². The molecule has 0 fully saturated rings. The lowest BCUT2D eigenvalue weighted by Gasteiger charge is -2.28. The second-order valence-electron chi connectivity index (χ2n) is 9.86. The van der Waals surface area contributed by atoms with Gasteiger partial charge in [-0.1, -0.05) is 42.5 Å². The Hall–Kier alpha value is -3.46. The number of rotatable bonds is 11. The Morgan fingerprint density at radius 3 is 2.44 bits per heavy atom. The molecule has 2 atom stereocenters. The molecule has 0 saturated heterocycles. The number of carbonyl (C=O) groups is 1. The third kappa shape index (κ3) is 8.05. The fourth-order valence-corrected chi connectivity index (χ4v) is 4.04. The Labute approximate surface area is 212 Å². The van der Waals surface area contributed by atoms with E-state index in [9.17, 15) is 20.1 Å². The van der Waals surface area contributed by atoms with Gasteiger partial charge in [0.2, 0.25) is 5.91 Å². The van der Waals surface area contributed by atoms with Gasteiger partial charge in [-0.25, -0.2) is 4.98 Å². The largest absolute Gasteiger partial charge is 0.508 e. The number of pyridine rings is 1. The molecule has 1 heterocycles. The molecular formula is C28H36N4O4. The van der Waals surface area contributed by atoms with Crippen LogP contribution in [0.15, 0.2) is 66.9 Å². The number of aromatic nitrogens is 1. The minimum atomic E-state index is -0.886. The van der Waals surface area contributed by atoms with E-state index in [1.807, 2.05) is 24.3 Å². The molecule has 1 unspecified atom stereocenters. The molecule has 6 N–H and O–H groups in total. The topological polar surface area (TPSA) is 132 Å². The number of nitrogen functional groups attached to an aromatic ring is 1. The highest BCUT2D eigenvalue weighted by molar-refractivity contribution is 5.78. The molecule has 1 aromatic heterocycles. The van der Waals surface area contributed by atoms with Crippen LogP contribution in [0.1, 0.15) is 48.3 Å². The van der Waals surface area contributed by atoms with Crippen LogP contribution >= 0.6 is 0 Å². The molecule has 0 bridgehead atoms. The molecule has 0 radical (unpaired) electrons. The average molecular weight is 493 g/mol. The van der Waals surface area contributed by atoms with Crippen LogP contribution in [-0.2, 0) is 17.6 Å². The minimum absolute atomic E-state index is 0.0755. The monoisotopic (exact) mass is 492 g/mol. The van der Waals surface area contributed by atoms with Gasteiger partial charge < -0.3 is 31.3 Å². The first-order valence-corrected chi connectivity index (χ1v) is 12.0. The summed E-state index contributed by atoms with van der Waals surface area (Å²) in [6.07, 6.45) is 0.909. The number of hydrogen-bond donors (Lipinski definition) is 5. The zero-order chi connectivity index (χ0) is 26.3. The van der Waals surface area contributed by atoms with E-state index in [0.717, 1.165) is 11.1 Å². The number of β-amino-alcohol motifs (C(OH)–C–C–N with tert-alkyl or cyclic N) is 1. The average Bonchev–Trinajstić information content (AvgIpc) is 2.83. The second kappa shape index (κ2) is 12.0. The molecule has 1 amide bonds. The van der Waals surface area contributed by atoms with Crippen molar-refractivity contribution >= 4 is 11.7 Å². The number of anilines is 1. The number of amides is 1. The maximum Gasteiger partial charge on any atom is 0.226 e. The molecule has 0 aliphatic carbocycles. The number of carbonyl (C=O) groups excluding carboxylic acids is 1. The van der Waals surface area contributed by atoms with Crippen LogP contribution < -0.4 is 11.1 Å². The predicted molar refractivity (Wildman–Crippen MR) is 140 cm³/mol. The number of nitrogens with two attached hydrogens (primary N) is 1. The van der Waals surface area contributed by atoms with Gasteiger partial charge in [0.1, 0.15) is 11.6 Å². The van der Waals surface area contributed by atoms with E-state index in [0.29, 0.717) is 29.9 Å². The van der Waals surface area contributed by atoms with Crippen molar-refractivity contribution in [3.8, 4) is 5.75 Å². The summed E-state index contributed by atoms with van der Waals surface area (Å²) in [5, 5.41) is 33.9. The van der Waals surface area contributed by atoms with E-state index in [1.54, 1.807) is 37.5 Å². The standard InChI is InChI=1S/C28H36N4O4/c1-28(2,31-17-24(34)22-10-11-26(29)30-16-22)15-20-7-4-6-19(12-20)13-27(36)32(3)18-25(35)21-8-5-9-23(33)14-21/h4-12,14,16,24-25,31,33-35H,13,15,17-18H2,1-3H3,(H2,29,30)/t24-,25?/m0/s1. The minimum Gasteiger partial charge on any atom is -0.508 e. The summed E-state index contributed by atoms with van der Waals surface area (Å²) in [5.74, 6) is 0.381. The molecular weight excluding hydrogens is 456 g/mol. The molecule has 8 heteroatoms. The number of aliphatic hydroxyl groups is 2. The Kier molecular flexibility index (Phi) is 9.03. The first kappa shape index (κ1) is 27.1. The predicted octanol–water partition coefficient (Wildman–Crippen LogP) is 2.75. The van der Waals surface area contributed by atoms with Crippen LogP contribution in [0.2, 0.25) is 0 Å². The second-order valence-corrected chi connectivity index (χ2v) is 9.86. The lowest BCUT2D eigenvalue weighted by molar-refractivity contribution is -0.130. The summed E-state index contributed by atoms with van der Waals surface area (Å²) in [5.41, 5.74) is 8.54. The van der Waals surface area contributed by atoms with Gasteiger partial charge >= 0.3 is 0 Å². The molecule has 0 saturated carbocycles. The van der Waals surface area contributed by atoms with Crippen molar-refractivity contribution in [2.24, 2.45) is 0 Å². The van der Waals surface area contributed by atoms with Gasteiger partial charge in [-0.3, -0.25) is 4.79 Å². The number of nitrogens with zero attached hydrogens (tertiary/aromatic N) is 2. The zero-order valence-corrected chi connectivity index (χ0v) is 21.1. The first-order valence-electron chi connectivity index (χ1n) is 12.0. The smallest absolute Gasteiger partial charge is 0.226 e. The zero-order valence-electron chi connectivity index (χ0n) is 21.1. The van der Waals surface area contributed by atoms with Crippen molar-refractivity contribution in [1.82, 2.24) is 15.2 Å². The number of phenols is 1. The Balaban J connectivity index is 1.54. The van der Waals surface area contributed by atoms with E-state index < -0.39 is 12.2 Å². The van der Waals surface area contributed by atoms with Crippen LogP contribution in [0, 0.1) is 0 Å². The van der Waals surface area contributed by atoms with Crippen LogP contribution in [0.5, 0.6) is 5.75 Å². The van der Waals surface area contributed by atoms with Gasteiger partial charge in [-0.05, 0) is 55.2 Å².